The Morgan fingerprint density at radius 1 is 1.43 bits per heavy atom. The summed E-state index contributed by atoms with van der Waals surface area (Å²) in [6.07, 6.45) is 0.387. The number of hydrogen-bond acceptors (Lipinski definition) is 3. The second-order valence-corrected chi connectivity index (χ2v) is 4.81. The van der Waals surface area contributed by atoms with Crippen LogP contribution in [0.25, 0.3) is 0 Å². The van der Waals surface area contributed by atoms with Crippen molar-refractivity contribution >= 4 is 11.9 Å². The minimum Gasteiger partial charge on any atom is -0.481 e. The number of carbonyl (C=O) groups is 2. The van der Waals surface area contributed by atoms with Crippen LogP contribution >= 0.6 is 0 Å². The largest absolute Gasteiger partial charge is 0.481 e. The Labute approximate surface area is 83.2 Å². The summed E-state index contributed by atoms with van der Waals surface area (Å²) >= 11 is 0. The molecule has 0 aliphatic heterocycles. The Bertz CT molecular complexity index is 276. The van der Waals surface area contributed by atoms with Crippen molar-refractivity contribution in [3.05, 3.63) is 0 Å². The van der Waals surface area contributed by atoms with Crippen LogP contribution in [0, 0.1) is 16.7 Å². The molecule has 0 spiro atoms. The average Bonchev–Trinajstić information content (AvgIpc) is 2.77. The molecule has 0 aromatic rings. The van der Waals surface area contributed by atoms with Crippen molar-refractivity contribution in [2.75, 3.05) is 7.11 Å². The summed E-state index contributed by atoms with van der Waals surface area (Å²) < 4.78 is 4.57. The third-order valence-corrected chi connectivity index (χ3v) is 3.17. The molecule has 0 aromatic heterocycles. The molecule has 1 rings (SSSR count). The van der Waals surface area contributed by atoms with Crippen LogP contribution in [0.2, 0.25) is 0 Å². The zero-order valence-corrected chi connectivity index (χ0v) is 8.96. The molecule has 0 saturated heterocycles. The van der Waals surface area contributed by atoms with Crippen LogP contribution in [-0.4, -0.2) is 24.2 Å². The Balaban J connectivity index is 2.93. The molecule has 2 atom stereocenters. The second-order valence-electron chi connectivity index (χ2n) is 4.81. The summed E-state index contributed by atoms with van der Waals surface area (Å²) in [6, 6.07) is 0. The number of hydrogen-bond donors (Lipinski definition) is 1. The van der Waals surface area contributed by atoms with Crippen LogP contribution in [0.1, 0.15) is 27.2 Å². The highest BCUT2D eigenvalue weighted by molar-refractivity contribution is 5.90. The first-order valence-electron chi connectivity index (χ1n) is 4.58. The highest BCUT2D eigenvalue weighted by atomic mass is 16.5. The van der Waals surface area contributed by atoms with Crippen molar-refractivity contribution in [1.82, 2.24) is 0 Å². The lowest BCUT2D eigenvalue weighted by Gasteiger charge is -2.27. The van der Waals surface area contributed by atoms with Gasteiger partial charge in [0.2, 0.25) is 0 Å². The molecule has 0 unspecified atom stereocenters. The molecule has 4 nitrogen and oxygen atoms in total. The zero-order chi connectivity index (χ0) is 11.1. The number of carbonyl (C=O) groups excluding carboxylic acids is 1. The van der Waals surface area contributed by atoms with E-state index in [4.69, 9.17) is 5.11 Å². The molecule has 1 aliphatic rings. The molecule has 1 N–H and O–H groups in total. The maximum Gasteiger partial charge on any atom is 0.311 e. The van der Waals surface area contributed by atoms with Crippen LogP contribution in [0.3, 0.4) is 0 Å². The Kier molecular flexibility index (Phi) is 2.34. The van der Waals surface area contributed by atoms with Gasteiger partial charge in [0.1, 0.15) is 0 Å². The number of rotatable bonds is 2. The van der Waals surface area contributed by atoms with Gasteiger partial charge in [-0.3, -0.25) is 9.59 Å². The summed E-state index contributed by atoms with van der Waals surface area (Å²) in [5.74, 6) is -1.80. The van der Waals surface area contributed by atoms with E-state index >= 15 is 0 Å². The molecule has 4 heteroatoms. The number of esters is 1. The van der Waals surface area contributed by atoms with E-state index in [0.29, 0.717) is 6.42 Å². The van der Waals surface area contributed by atoms with Crippen LogP contribution in [0.15, 0.2) is 0 Å². The summed E-state index contributed by atoms with van der Waals surface area (Å²) in [6.45, 7) is 5.51. The summed E-state index contributed by atoms with van der Waals surface area (Å²) in [5, 5.41) is 9.15. The zero-order valence-electron chi connectivity index (χ0n) is 8.96. The van der Waals surface area contributed by atoms with Crippen molar-refractivity contribution < 1.29 is 19.4 Å². The summed E-state index contributed by atoms with van der Waals surface area (Å²) in [4.78, 5) is 22.4. The first kappa shape index (κ1) is 11.0. The first-order chi connectivity index (χ1) is 6.27. The van der Waals surface area contributed by atoms with Crippen LogP contribution < -0.4 is 0 Å². The van der Waals surface area contributed by atoms with Gasteiger partial charge in [0, 0.05) is 0 Å². The fourth-order valence-corrected chi connectivity index (χ4v) is 2.08. The van der Waals surface area contributed by atoms with Gasteiger partial charge < -0.3 is 9.84 Å². The Hall–Kier alpha value is -1.06. The molecule has 0 aromatic carbocycles. The first-order valence-corrected chi connectivity index (χ1v) is 4.58. The number of ether oxygens (including phenoxy) is 1. The smallest absolute Gasteiger partial charge is 0.311 e. The molecular weight excluding hydrogens is 184 g/mol. The van der Waals surface area contributed by atoms with Crippen molar-refractivity contribution in [2.24, 2.45) is 16.7 Å². The molecule has 1 aliphatic carbocycles. The van der Waals surface area contributed by atoms with Crippen molar-refractivity contribution in [3.63, 3.8) is 0 Å². The molecule has 0 radical (unpaired) electrons. The van der Waals surface area contributed by atoms with Gasteiger partial charge in [0.15, 0.2) is 0 Å². The lowest BCUT2D eigenvalue weighted by atomic mass is 9.76. The monoisotopic (exact) mass is 200 g/mol. The van der Waals surface area contributed by atoms with Crippen LogP contribution in [0.4, 0.5) is 0 Å². The molecule has 1 saturated carbocycles. The minimum atomic E-state index is -0.930. The predicted molar refractivity (Wildman–Crippen MR) is 49.6 cm³/mol. The van der Waals surface area contributed by atoms with E-state index in [0.717, 1.165) is 0 Å². The predicted octanol–water partition coefficient (Wildman–Crippen LogP) is 1.30. The molecule has 0 amide bonds. The van der Waals surface area contributed by atoms with Gasteiger partial charge in [-0.15, -0.1) is 0 Å². The third-order valence-electron chi connectivity index (χ3n) is 3.17. The molecule has 0 bridgehead atoms. The quantitative estimate of drug-likeness (QED) is 0.682. The second kappa shape index (κ2) is 2.97. The fraction of sp³-hybridized carbons (Fsp3) is 0.800. The summed E-state index contributed by atoms with van der Waals surface area (Å²) in [7, 11) is 1.29. The fourth-order valence-electron chi connectivity index (χ4n) is 2.08. The molecule has 1 fully saturated rings. The molecule has 0 heterocycles. The van der Waals surface area contributed by atoms with E-state index in [2.05, 4.69) is 4.74 Å². The van der Waals surface area contributed by atoms with Gasteiger partial charge in [-0.1, -0.05) is 20.8 Å². The van der Waals surface area contributed by atoms with Crippen LogP contribution in [-0.2, 0) is 14.3 Å². The highest BCUT2D eigenvalue weighted by Crippen LogP contribution is 2.63. The van der Waals surface area contributed by atoms with Crippen molar-refractivity contribution in [3.8, 4) is 0 Å². The van der Waals surface area contributed by atoms with Gasteiger partial charge in [-0.25, -0.2) is 0 Å². The topological polar surface area (TPSA) is 63.6 Å². The van der Waals surface area contributed by atoms with Gasteiger partial charge in [0.25, 0.3) is 0 Å². The molecular formula is C10H16O4. The van der Waals surface area contributed by atoms with Gasteiger partial charge >= 0.3 is 11.9 Å². The van der Waals surface area contributed by atoms with Gasteiger partial charge in [-0.05, 0) is 11.8 Å². The normalized spacial score (nSPS) is 31.0. The lowest BCUT2D eigenvalue weighted by Crippen LogP contribution is -2.34. The number of carboxylic acids is 1. The Morgan fingerprint density at radius 3 is 2.14 bits per heavy atom. The lowest BCUT2D eigenvalue weighted by molar-refractivity contribution is -0.154. The molecule has 14 heavy (non-hydrogen) atoms. The SMILES string of the molecule is COC(=O)[C@@H]1C[C@@]1(C(=O)O)C(C)(C)C. The number of carboxylic acid groups (broad SMARTS) is 1. The van der Waals surface area contributed by atoms with Crippen molar-refractivity contribution in [2.45, 2.75) is 27.2 Å². The maximum absolute atomic E-state index is 11.3. The number of aliphatic carboxylic acids is 1. The van der Waals surface area contributed by atoms with Gasteiger partial charge in [-0.2, -0.15) is 0 Å². The highest BCUT2D eigenvalue weighted by Gasteiger charge is 2.70. The van der Waals surface area contributed by atoms with E-state index in [9.17, 15) is 9.59 Å². The average molecular weight is 200 g/mol. The van der Waals surface area contributed by atoms with Crippen molar-refractivity contribution in [1.29, 1.82) is 0 Å². The van der Waals surface area contributed by atoms with E-state index in [-0.39, 0.29) is 0 Å². The Morgan fingerprint density at radius 2 is 1.93 bits per heavy atom. The van der Waals surface area contributed by atoms with Gasteiger partial charge in [0.05, 0.1) is 18.4 Å². The van der Waals surface area contributed by atoms with E-state index < -0.39 is 28.7 Å². The summed E-state index contributed by atoms with van der Waals surface area (Å²) in [5.41, 5.74) is -1.35. The number of methoxy groups -OCH3 is 1. The van der Waals surface area contributed by atoms with E-state index in [1.54, 1.807) is 0 Å². The van der Waals surface area contributed by atoms with E-state index in [1.807, 2.05) is 20.8 Å². The minimum absolute atomic E-state index is 0.387. The standard InChI is InChI=1S/C10H16O4/c1-9(2,3)10(8(12)13)5-6(10)7(11)14-4/h6H,5H2,1-4H3,(H,12,13)/t6-,10+/m0/s1. The molecule has 80 valence electrons. The third kappa shape index (κ3) is 1.29. The van der Waals surface area contributed by atoms with Crippen LogP contribution in [0.5, 0.6) is 0 Å². The van der Waals surface area contributed by atoms with E-state index in [1.165, 1.54) is 7.11 Å². The maximum atomic E-state index is 11.3.